The van der Waals surface area contributed by atoms with Crippen molar-refractivity contribution in [1.29, 1.82) is 0 Å². The number of hydrogen-bond donors (Lipinski definition) is 1. The molecule has 18 heavy (non-hydrogen) atoms. The lowest BCUT2D eigenvalue weighted by atomic mass is 9.89. The molecule has 1 saturated carbocycles. The van der Waals surface area contributed by atoms with Crippen LogP contribution < -0.4 is 5.32 Å². The van der Waals surface area contributed by atoms with E-state index in [0.717, 1.165) is 29.2 Å². The molecule has 0 aliphatic heterocycles. The highest BCUT2D eigenvalue weighted by Crippen LogP contribution is 2.25. The molecule has 0 unspecified atom stereocenters. The maximum Gasteiger partial charge on any atom is 0.0642 e. The molecule has 0 bridgehead atoms. The lowest BCUT2D eigenvalue weighted by Gasteiger charge is -2.26. The Morgan fingerprint density at radius 2 is 1.83 bits per heavy atom. The van der Waals surface area contributed by atoms with Crippen LogP contribution in [0.4, 0.5) is 5.69 Å². The predicted molar refractivity (Wildman–Crippen MR) is 80.0 cm³/mol. The summed E-state index contributed by atoms with van der Waals surface area (Å²) in [7, 11) is 0. The summed E-state index contributed by atoms with van der Waals surface area (Å²) in [6.07, 6.45) is 5.61. The van der Waals surface area contributed by atoms with Gasteiger partial charge in [-0.3, -0.25) is 0 Å². The molecule has 1 aliphatic carbocycles. The van der Waals surface area contributed by atoms with Gasteiger partial charge in [-0.1, -0.05) is 22.9 Å². The second kappa shape index (κ2) is 7.15. The standard InChI is InChI=1S/C15H22BrNO/c1-12-2-8-15(9-3-12)18-11-10-17-14-6-4-13(16)5-7-14/h4-7,12,15,17H,2-3,8-11H2,1H3. The van der Waals surface area contributed by atoms with Crippen LogP contribution in [0, 0.1) is 5.92 Å². The van der Waals surface area contributed by atoms with Gasteiger partial charge in [-0.15, -0.1) is 0 Å². The number of hydrogen-bond acceptors (Lipinski definition) is 2. The second-order valence-corrected chi connectivity index (χ2v) is 6.10. The Hall–Kier alpha value is -0.540. The maximum atomic E-state index is 5.90. The Morgan fingerprint density at radius 3 is 2.50 bits per heavy atom. The van der Waals surface area contributed by atoms with Gasteiger partial charge in [-0.2, -0.15) is 0 Å². The zero-order chi connectivity index (χ0) is 12.8. The van der Waals surface area contributed by atoms with E-state index in [1.807, 2.05) is 12.1 Å². The molecule has 0 heterocycles. The van der Waals surface area contributed by atoms with Gasteiger partial charge in [0.2, 0.25) is 0 Å². The van der Waals surface area contributed by atoms with Crippen molar-refractivity contribution >= 4 is 21.6 Å². The summed E-state index contributed by atoms with van der Waals surface area (Å²) in [5.74, 6) is 0.894. The van der Waals surface area contributed by atoms with Crippen LogP contribution in [-0.4, -0.2) is 19.3 Å². The van der Waals surface area contributed by atoms with Crippen LogP contribution in [0.2, 0.25) is 0 Å². The monoisotopic (exact) mass is 311 g/mol. The quantitative estimate of drug-likeness (QED) is 0.811. The number of ether oxygens (including phenoxy) is 1. The first-order valence-corrected chi connectivity index (χ1v) is 7.64. The molecule has 1 aromatic rings. The minimum absolute atomic E-state index is 0.493. The van der Waals surface area contributed by atoms with Gasteiger partial charge in [0.05, 0.1) is 12.7 Å². The van der Waals surface area contributed by atoms with E-state index >= 15 is 0 Å². The molecule has 1 N–H and O–H groups in total. The van der Waals surface area contributed by atoms with Crippen LogP contribution in [-0.2, 0) is 4.74 Å². The normalized spacial score (nSPS) is 23.9. The first-order valence-electron chi connectivity index (χ1n) is 6.85. The molecule has 0 amide bonds. The number of halogens is 1. The molecule has 1 aliphatic rings. The van der Waals surface area contributed by atoms with E-state index in [4.69, 9.17) is 4.74 Å². The van der Waals surface area contributed by atoms with E-state index in [1.165, 1.54) is 25.7 Å². The second-order valence-electron chi connectivity index (χ2n) is 5.19. The maximum absolute atomic E-state index is 5.90. The molecule has 0 spiro atoms. The zero-order valence-electron chi connectivity index (χ0n) is 11.0. The van der Waals surface area contributed by atoms with E-state index in [9.17, 15) is 0 Å². The molecule has 3 heteroatoms. The van der Waals surface area contributed by atoms with Crippen LogP contribution in [0.25, 0.3) is 0 Å². The fourth-order valence-electron chi connectivity index (χ4n) is 2.38. The molecule has 2 rings (SSSR count). The molecule has 1 fully saturated rings. The van der Waals surface area contributed by atoms with Crippen molar-refractivity contribution in [2.45, 2.75) is 38.7 Å². The third kappa shape index (κ3) is 4.62. The predicted octanol–water partition coefficient (Wildman–Crippen LogP) is 4.46. The summed E-state index contributed by atoms with van der Waals surface area (Å²) in [5, 5.41) is 3.37. The van der Waals surface area contributed by atoms with Crippen molar-refractivity contribution < 1.29 is 4.74 Å². The molecular weight excluding hydrogens is 290 g/mol. The van der Waals surface area contributed by atoms with E-state index < -0.39 is 0 Å². The molecule has 0 atom stereocenters. The Morgan fingerprint density at radius 1 is 1.17 bits per heavy atom. The summed E-state index contributed by atoms with van der Waals surface area (Å²) in [6, 6.07) is 8.25. The Bertz CT molecular complexity index is 344. The Balaban J connectivity index is 1.60. The van der Waals surface area contributed by atoms with Crippen LogP contribution in [0.1, 0.15) is 32.6 Å². The van der Waals surface area contributed by atoms with Crippen molar-refractivity contribution in [3.05, 3.63) is 28.7 Å². The van der Waals surface area contributed by atoms with Crippen LogP contribution in [0.5, 0.6) is 0 Å². The molecular formula is C15H22BrNO. The van der Waals surface area contributed by atoms with Gasteiger partial charge in [0.1, 0.15) is 0 Å². The summed E-state index contributed by atoms with van der Waals surface area (Å²) < 4.78 is 7.02. The highest BCUT2D eigenvalue weighted by Gasteiger charge is 2.17. The van der Waals surface area contributed by atoms with Gasteiger partial charge < -0.3 is 10.1 Å². The summed E-state index contributed by atoms with van der Waals surface area (Å²) in [4.78, 5) is 0. The highest BCUT2D eigenvalue weighted by molar-refractivity contribution is 9.10. The van der Waals surface area contributed by atoms with E-state index in [1.54, 1.807) is 0 Å². The summed E-state index contributed by atoms with van der Waals surface area (Å²) in [6.45, 7) is 4.02. The van der Waals surface area contributed by atoms with Gasteiger partial charge in [0.15, 0.2) is 0 Å². The van der Waals surface area contributed by atoms with Crippen molar-refractivity contribution in [3.63, 3.8) is 0 Å². The van der Waals surface area contributed by atoms with Crippen molar-refractivity contribution in [2.75, 3.05) is 18.5 Å². The smallest absolute Gasteiger partial charge is 0.0642 e. The van der Waals surface area contributed by atoms with Crippen molar-refractivity contribution in [2.24, 2.45) is 5.92 Å². The SMILES string of the molecule is CC1CCC(OCCNc2ccc(Br)cc2)CC1. The lowest BCUT2D eigenvalue weighted by Crippen LogP contribution is -2.23. The van der Waals surface area contributed by atoms with Crippen LogP contribution in [0.15, 0.2) is 28.7 Å². The Labute approximate surface area is 118 Å². The minimum Gasteiger partial charge on any atom is -0.383 e. The first-order chi connectivity index (χ1) is 8.74. The topological polar surface area (TPSA) is 21.3 Å². The van der Waals surface area contributed by atoms with Gasteiger partial charge >= 0.3 is 0 Å². The Kier molecular flexibility index (Phi) is 5.51. The van der Waals surface area contributed by atoms with Crippen molar-refractivity contribution in [3.8, 4) is 0 Å². The molecule has 0 saturated heterocycles. The number of benzene rings is 1. The van der Waals surface area contributed by atoms with E-state index in [0.29, 0.717) is 6.10 Å². The fourth-order valence-corrected chi connectivity index (χ4v) is 2.65. The number of nitrogens with one attached hydrogen (secondary N) is 1. The van der Waals surface area contributed by atoms with Gasteiger partial charge in [-0.05, 0) is 55.9 Å². The van der Waals surface area contributed by atoms with Crippen LogP contribution >= 0.6 is 15.9 Å². The molecule has 1 aromatic carbocycles. The number of rotatable bonds is 5. The third-order valence-electron chi connectivity index (χ3n) is 3.59. The lowest BCUT2D eigenvalue weighted by molar-refractivity contribution is 0.0257. The highest BCUT2D eigenvalue weighted by atomic mass is 79.9. The number of anilines is 1. The molecule has 100 valence electrons. The van der Waals surface area contributed by atoms with E-state index in [-0.39, 0.29) is 0 Å². The largest absolute Gasteiger partial charge is 0.383 e. The van der Waals surface area contributed by atoms with Gasteiger partial charge in [-0.25, -0.2) is 0 Å². The van der Waals surface area contributed by atoms with E-state index in [2.05, 4.69) is 40.3 Å². The summed E-state index contributed by atoms with van der Waals surface area (Å²) in [5.41, 5.74) is 1.15. The first kappa shape index (κ1) is 13.9. The zero-order valence-corrected chi connectivity index (χ0v) is 12.6. The average Bonchev–Trinajstić information content (AvgIpc) is 2.39. The third-order valence-corrected chi connectivity index (χ3v) is 4.12. The summed E-state index contributed by atoms with van der Waals surface area (Å²) >= 11 is 3.43. The van der Waals surface area contributed by atoms with Crippen LogP contribution in [0.3, 0.4) is 0 Å². The average molecular weight is 312 g/mol. The molecule has 0 radical (unpaired) electrons. The molecule has 2 nitrogen and oxygen atoms in total. The van der Waals surface area contributed by atoms with Gasteiger partial charge in [0, 0.05) is 16.7 Å². The van der Waals surface area contributed by atoms with Crippen molar-refractivity contribution in [1.82, 2.24) is 0 Å². The minimum atomic E-state index is 0.493. The molecule has 0 aromatic heterocycles. The fraction of sp³-hybridized carbons (Fsp3) is 0.600. The van der Waals surface area contributed by atoms with Gasteiger partial charge in [0.25, 0.3) is 0 Å².